The number of anilines is 1. The van der Waals surface area contributed by atoms with E-state index >= 15 is 0 Å². The highest BCUT2D eigenvalue weighted by molar-refractivity contribution is 9.10. The summed E-state index contributed by atoms with van der Waals surface area (Å²) >= 11 is 3.35. The van der Waals surface area contributed by atoms with Crippen molar-refractivity contribution in [2.45, 2.75) is 0 Å². The van der Waals surface area contributed by atoms with Gasteiger partial charge in [-0.1, -0.05) is 0 Å². The number of nitriles is 1. The first-order valence-electron chi connectivity index (χ1n) is 4.81. The van der Waals surface area contributed by atoms with E-state index in [1.807, 2.05) is 10.5 Å². The van der Waals surface area contributed by atoms with Gasteiger partial charge in [-0.2, -0.15) is 5.26 Å². The lowest BCUT2D eigenvalue weighted by atomic mass is 10.2. The van der Waals surface area contributed by atoms with Crippen molar-refractivity contribution in [3.8, 4) is 6.07 Å². The standard InChI is InChI=1S/C11H6BrN5/c12-7-2-9-8(1-6(7)3-13)16-11(14)10-4-15-5-17(9)10/h1-2,4-5H,(H2,14,16). The predicted molar refractivity (Wildman–Crippen MR) is 67.3 cm³/mol. The zero-order chi connectivity index (χ0) is 12.0. The van der Waals surface area contributed by atoms with E-state index in [0.29, 0.717) is 16.9 Å². The first kappa shape index (κ1) is 10.1. The van der Waals surface area contributed by atoms with Gasteiger partial charge in [0, 0.05) is 4.47 Å². The SMILES string of the molecule is N#Cc1cc2nc(N)c3cncn3c2cc1Br. The summed E-state index contributed by atoms with van der Waals surface area (Å²) in [6.45, 7) is 0. The Bertz CT molecular complexity index is 784. The number of nitrogens with zero attached hydrogens (tertiary/aromatic N) is 4. The topological polar surface area (TPSA) is 80.0 Å². The molecule has 0 spiro atoms. The van der Waals surface area contributed by atoms with E-state index in [0.717, 1.165) is 15.5 Å². The Balaban J connectivity index is 2.56. The molecular weight excluding hydrogens is 282 g/mol. The molecule has 0 atom stereocenters. The lowest BCUT2D eigenvalue weighted by molar-refractivity contribution is 1.19. The molecule has 0 aliphatic heterocycles. The predicted octanol–water partition coefficient (Wildman–Crippen LogP) is 2.10. The van der Waals surface area contributed by atoms with E-state index in [4.69, 9.17) is 11.0 Å². The zero-order valence-electron chi connectivity index (χ0n) is 8.55. The minimum atomic E-state index is 0.404. The molecule has 0 aliphatic rings. The van der Waals surface area contributed by atoms with Crippen LogP contribution in [0.4, 0.5) is 5.82 Å². The molecule has 2 N–H and O–H groups in total. The number of imidazole rings is 1. The Labute approximate surface area is 105 Å². The van der Waals surface area contributed by atoms with Crippen LogP contribution in [0.2, 0.25) is 0 Å². The molecule has 3 rings (SSSR count). The Morgan fingerprint density at radius 2 is 2.18 bits per heavy atom. The molecule has 0 saturated carbocycles. The van der Waals surface area contributed by atoms with E-state index in [9.17, 15) is 0 Å². The third-order valence-corrected chi connectivity index (χ3v) is 3.24. The van der Waals surface area contributed by atoms with Gasteiger partial charge in [0.1, 0.15) is 17.4 Å². The van der Waals surface area contributed by atoms with Crippen molar-refractivity contribution in [2.24, 2.45) is 0 Å². The van der Waals surface area contributed by atoms with Crippen molar-refractivity contribution in [1.29, 1.82) is 5.26 Å². The molecule has 6 heteroatoms. The van der Waals surface area contributed by atoms with Gasteiger partial charge in [0.2, 0.25) is 0 Å². The van der Waals surface area contributed by atoms with E-state index in [-0.39, 0.29) is 0 Å². The van der Waals surface area contributed by atoms with Crippen LogP contribution >= 0.6 is 15.9 Å². The number of fused-ring (bicyclic) bond motifs is 3. The summed E-state index contributed by atoms with van der Waals surface area (Å²) in [7, 11) is 0. The number of halogens is 1. The van der Waals surface area contributed by atoms with Crippen LogP contribution in [0.25, 0.3) is 16.6 Å². The van der Waals surface area contributed by atoms with Gasteiger partial charge in [-0.3, -0.25) is 4.40 Å². The van der Waals surface area contributed by atoms with Gasteiger partial charge in [0.05, 0.1) is 29.1 Å². The first-order valence-corrected chi connectivity index (χ1v) is 5.61. The van der Waals surface area contributed by atoms with Crippen LogP contribution in [0.15, 0.2) is 29.1 Å². The minimum Gasteiger partial charge on any atom is -0.382 e. The van der Waals surface area contributed by atoms with Crippen molar-refractivity contribution >= 4 is 38.3 Å². The first-order chi connectivity index (χ1) is 8.20. The van der Waals surface area contributed by atoms with Crippen molar-refractivity contribution in [2.75, 3.05) is 5.73 Å². The molecule has 17 heavy (non-hydrogen) atoms. The highest BCUT2D eigenvalue weighted by Gasteiger charge is 2.09. The molecule has 0 amide bonds. The third kappa shape index (κ3) is 1.36. The Morgan fingerprint density at radius 3 is 2.94 bits per heavy atom. The zero-order valence-corrected chi connectivity index (χ0v) is 10.1. The molecule has 0 unspecified atom stereocenters. The van der Waals surface area contributed by atoms with Crippen molar-refractivity contribution in [3.05, 3.63) is 34.7 Å². The molecular formula is C11H6BrN5. The average molecular weight is 288 g/mol. The number of benzene rings is 1. The maximum atomic E-state index is 8.96. The number of rotatable bonds is 0. The quantitative estimate of drug-likeness (QED) is 0.687. The Morgan fingerprint density at radius 1 is 1.35 bits per heavy atom. The minimum absolute atomic E-state index is 0.404. The molecule has 1 aromatic carbocycles. The number of aromatic nitrogens is 3. The van der Waals surface area contributed by atoms with Gasteiger partial charge in [0.25, 0.3) is 0 Å². The fourth-order valence-corrected chi connectivity index (χ4v) is 2.20. The monoisotopic (exact) mass is 287 g/mol. The second-order valence-electron chi connectivity index (χ2n) is 3.58. The summed E-state index contributed by atoms with van der Waals surface area (Å²) in [5.41, 5.74) is 8.65. The van der Waals surface area contributed by atoms with Gasteiger partial charge in [-0.15, -0.1) is 0 Å². The molecule has 2 heterocycles. The van der Waals surface area contributed by atoms with Crippen LogP contribution in [-0.4, -0.2) is 14.4 Å². The van der Waals surface area contributed by atoms with Gasteiger partial charge in [-0.25, -0.2) is 9.97 Å². The van der Waals surface area contributed by atoms with Crippen molar-refractivity contribution < 1.29 is 0 Å². The fourth-order valence-electron chi connectivity index (χ4n) is 1.78. The summed E-state index contributed by atoms with van der Waals surface area (Å²) in [6.07, 6.45) is 3.34. The molecule has 2 aromatic heterocycles. The second-order valence-corrected chi connectivity index (χ2v) is 4.43. The molecule has 0 saturated heterocycles. The van der Waals surface area contributed by atoms with Gasteiger partial charge >= 0.3 is 0 Å². The van der Waals surface area contributed by atoms with Crippen LogP contribution in [0.5, 0.6) is 0 Å². The molecule has 82 valence electrons. The molecule has 0 bridgehead atoms. The van der Waals surface area contributed by atoms with E-state index in [2.05, 4.69) is 32.0 Å². The molecule has 3 aromatic rings. The average Bonchev–Trinajstić information content (AvgIpc) is 2.79. The normalized spacial score (nSPS) is 10.8. The third-order valence-electron chi connectivity index (χ3n) is 2.59. The Hall–Kier alpha value is -2.13. The van der Waals surface area contributed by atoms with Crippen LogP contribution in [0.1, 0.15) is 5.56 Å². The smallest absolute Gasteiger partial charge is 0.150 e. The van der Waals surface area contributed by atoms with Crippen LogP contribution in [0, 0.1) is 11.3 Å². The van der Waals surface area contributed by atoms with Crippen molar-refractivity contribution in [3.63, 3.8) is 0 Å². The van der Waals surface area contributed by atoms with Crippen molar-refractivity contribution in [1.82, 2.24) is 14.4 Å². The molecule has 0 radical (unpaired) electrons. The number of hydrogen-bond acceptors (Lipinski definition) is 4. The maximum absolute atomic E-state index is 8.96. The highest BCUT2D eigenvalue weighted by Crippen LogP contribution is 2.25. The fraction of sp³-hybridized carbons (Fsp3) is 0. The summed E-state index contributed by atoms with van der Waals surface area (Å²) in [5.74, 6) is 0.404. The lowest BCUT2D eigenvalue weighted by Gasteiger charge is -2.05. The van der Waals surface area contributed by atoms with Gasteiger partial charge < -0.3 is 5.73 Å². The lowest BCUT2D eigenvalue weighted by Crippen LogP contribution is -1.98. The Kier molecular flexibility index (Phi) is 2.03. The van der Waals surface area contributed by atoms with E-state index in [1.54, 1.807) is 18.6 Å². The van der Waals surface area contributed by atoms with E-state index < -0.39 is 0 Å². The number of nitrogen functional groups attached to an aromatic ring is 1. The number of hydrogen-bond donors (Lipinski definition) is 1. The summed E-state index contributed by atoms with van der Waals surface area (Å²) in [4.78, 5) is 8.32. The summed E-state index contributed by atoms with van der Waals surface area (Å²) < 4.78 is 2.58. The molecule has 0 fully saturated rings. The summed E-state index contributed by atoms with van der Waals surface area (Å²) in [5, 5.41) is 8.96. The molecule has 5 nitrogen and oxygen atoms in total. The van der Waals surface area contributed by atoms with E-state index in [1.165, 1.54) is 0 Å². The largest absolute Gasteiger partial charge is 0.382 e. The highest BCUT2D eigenvalue weighted by atomic mass is 79.9. The second kappa shape index (κ2) is 3.43. The number of nitrogens with two attached hydrogens (primary N) is 1. The van der Waals surface area contributed by atoms with Crippen LogP contribution in [0.3, 0.4) is 0 Å². The van der Waals surface area contributed by atoms with Crippen LogP contribution < -0.4 is 5.73 Å². The van der Waals surface area contributed by atoms with Gasteiger partial charge in [0.15, 0.2) is 0 Å². The maximum Gasteiger partial charge on any atom is 0.150 e. The van der Waals surface area contributed by atoms with Gasteiger partial charge in [-0.05, 0) is 28.1 Å². The molecule has 0 aliphatic carbocycles. The summed E-state index contributed by atoms with van der Waals surface area (Å²) in [6, 6.07) is 5.64. The van der Waals surface area contributed by atoms with Crippen LogP contribution in [-0.2, 0) is 0 Å².